The van der Waals surface area contributed by atoms with Crippen molar-refractivity contribution in [3.8, 4) is 11.4 Å². The monoisotopic (exact) mass is 318 g/mol. The summed E-state index contributed by atoms with van der Waals surface area (Å²) >= 11 is -2.67. The van der Waals surface area contributed by atoms with Crippen LogP contribution in [0.25, 0.3) is 22.3 Å². The fourth-order valence-electron chi connectivity index (χ4n) is 2.19. The van der Waals surface area contributed by atoms with Crippen LogP contribution in [0.3, 0.4) is 0 Å². The zero-order chi connectivity index (χ0) is 15.7. The van der Waals surface area contributed by atoms with Crippen LogP contribution in [0, 0.1) is 0 Å². The topological polar surface area (TPSA) is 111 Å². The summed E-state index contributed by atoms with van der Waals surface area (Å²) in [4.78, 5) is 21.8. The van der Waals surface area contributed by atoms with Gasteiger partial charge in [-0.3, -0.25) is 8.98 Å². The third-order valence-corrected chi connectivity index (χ3v) is 3.67. The van der Waals surface area contributed by atoms with E-state index in [-0.39, 0.29) is 11.3 Å². The second-order valence-corrected chi connectivity index (χ2v) is 5.34. The van der Waals surface area contributed by atoms with E-state index in [9.17, 15) is 13.6 Å². The summed E-state index contributed by atoms with van der Waals surface area (Å²) in [6.45, 7) is 1.51. The molecule has 2 N–H and O–H groups in total. The van der Waals surface area contributed by atoms with Gasteiger partial charge in [0.05, 0.1) is 17.1 Å². The molecule has 8 heteroatoms. The molecule has 7 nitrogen and oxygen atoms in total. The van der Waals surface area contributed by atoms with Gasteiger partial charge >= 0.3 is 0 Å². The minimum absolute atomic E-state index is 0.247. The summed E-state index contributed by atoms with van der Waals surface area (Å²) < 4.78 is 25.8. The average Bonchev–Trinajstić information content (AvgIpc) is 2.93. The van der Waals surface area contributed by atoms with Crippen LogP contribution in [0.2, 0.25) is 0 Å². The van der Waals surface area contributed by atoms with Crippen molar-refractivity contribution in [1.29, 1.82) is 0 Å². The molecule has 2 unspecified atom stereocenters. The predicted molar refractivity (Wildman–Crippen MR) is 80.6 cm³/mol. The summed E-state index contributed by atoms with van der Waals surface area (Å²) in [6.07, 6.45) is 0.982. The Hall–Kier alpha value is -2.29. The molecule has 22 heavy (non-hydrogen) atoms. The molecule has 0 spiro atoms. The quantitative estimate of drug-likeness (QED) is 0.712. The molecule has 114 valence electrons. The zero-order valence-corrected chi connectivity index (χ0v) is 12.3. The Labute approximate surface area is 127 Å². The van der Waals surface area contributed by atoms with Crippen LogP contribution in [-0.2, 0) is 15.5 Å². The molecular formula is C14H12N3O4S-. The first-order valence-corrected chi connectivity index (χ1v) is 7.48. The minimum atomic E-state index is -2.67. The van der Waals surface area contributed by atoms with Crippen LogP contribution in [-0.4, -0.2) is 23.7 Å². The second kappa shape index (κ2) is 5.84. The van der Waals surface area contributed by atoms with Gasteiger partial charge in [0, 0.05) is 28.7 Å². The van der Waals surface area contributed by atoms with Gasteiger partial charge in [0.1, 0.15) is 11.9 Å². The highest BCUT2D eigenvalue weighted by molar-refractivity contribution is 7.74. The fraction of sp³-hybridized carbons (Fsp3) is 0.143. The van der Waals surface area contributed by atoms with Crippen LogP contribution in [0.1, 0.15) is 18.7 Å². The standard InChI is InChI=1S/C14H13N3O4S/c1-8(21-22(19)20)12-7-13(18)17-14(16-12)10-2-3-11-9(6-10)4-5-15-11/h2-8,15H,1H3,(H,19,20)(H,16,17,18)/p-1. The van der Waals surface area contributed by atoms with E-state index < -0.39 is 17.5 Å². The summed E-state index contributed by atoms with van der Waals surface area (Å²) in [5, 5.41) is 0.982. The first-order chi connectivity index (χ1) is 10.5. The largest absolute Gasteiger partial charge is 0.750 e. The number of nitrogens with zero attached hydrogens (tertiary/aromatic N) is 1. The van der Waals surface area contributed by atoms with Gasteiger partial charge < -0.3 is 14.5 Å². The number of rotatable bonds is 4. The van der Waals surface area contributed by atoms with Gasteiger partial charge in [-0.1, -0.05) is 0 Å². The molecule has 0 bridgehead atoms. The van der Waals surface area contributed by atoms with Gasteiger partial charge in [-0.2, -0.15) is 0 Å². The Kier molecular flexibility index (Phi) is 3.88. The summed E-state index contributed by atoms with van der Waals surface area (Å²) in [6, 6.07) is 8.70. The first-order valence-electron chi connectivity index (χ1n) is 6.48. The number of H-pyrrole nitrogens is 2. The lowest BCUT2D eigenvalue weighted by Crippen LogP contribution is -2.14. The van der Waals surface area contributed by atoms with Crippen molar-refractivity contribution < 1.29 is 12.9 Å². The number of hydrogen-bond acceptors (Lipinski definition) is 5. The molecule has 0 radical (unpaired) electrons. The van der Waals surface area contributed by atoms with E-state index in [0.29, 0.717) is 5.82 Å². The molecule has 0 aliphatic rings. The summed E-state index contributed by atoms with van der Waals surface area (Å²) in [7, 11) is 0. The molecule has 0 amide bonds. The van der Waals surface area contributed by atoms with Crippen molar-refractivity contribution in [3.05, 3.63) is 52.6 Å². The highest BCUT2D eigenvalue weighted by Gasteiger charge is 2.12. The van der Waals surface area contributed by atoms with Crippen LogP contribution < -0.4 is 5.56 Å². The van der Waals surface area contributed by atoms with Gasteiger partial charge in [0.2, 0.25) is 0 Å². The van der Waals surface area contributed by atoms with Crippen molar-refractivity contribution in [2.45, 2.75) is 13.0 Å². The second-order valence-electron chi connectivity index (χ2n) is 4.74. The Morgan fingerprint density at radius 1 is 1.32 bits per heavy atom. The maximum atomic E-state index is 11.8. The SMILES string of the molecule is CC(OS(=O)[O-])c1cc(=O)[nH]c(-c2ccc3[nH]ccc3c2)n1. The lowest BCUT2D eigenvalue weighted by molar-refractivity contribution is 0.219. The molecule has 1 aromatic carbocycles. The molecule has 0 aliphatic carbocycles. The zero-order valence-electron chi connectivity index (χ0n) is 11.5. The molecule has 0 aliphatic heterocycles. The summed E-state index contributed by atoms with van der Waals surface area (Å²) in [5.41, 5.74) is 1.57. The normalized spacial score (nSPS) is 14.1. The number of benzene rings is 1. The first kappa shape index (κ1) is 14.6. The maximum absolute atomic E-state index is 11.8. The molecule has 3 aromatic rings. The van der Waals surface area contributed by atoms with Crippen molar-refractivity contribution >= 4 is 22.3 Å². The molecule has 0 saturated heterocycles. The van der Waals surface area contributed by atoms with Crippen LogP contribution in [0.4, 0.5) is 0 Å². The van der Waals surface area contributed by atoms with Crippen molar-refractivity contribution in [2.75, 3.05) is 0 Å². The van der Waals surface area contributed by atoms with Crippen molar-refractivity contribution in [1.82, 2.24) is 15.0 Å². The summed E-state index contributed by atoms with van der Waals surface area (Å²) in [5.74, 6) is 0.359. The number of aromatic amines is 2. The Balaban J connectivity index is 2.04. The fourth-order valence-corrected chi connectivity index (χ4v) is 2.52. The Bertz CT molecular complexity index is 902. The molecule has 0 fully saturated rings. The van der Waals surface area contributed by atoms with E-state index in [1.165, 1.54) is 13.0 Å². The molecular weight excluding hydrogens is 306 g/mol. The highest BCUT2D eigenvalue weighted by Crippen LogP contribution is 2.22. The molecule has 2 aromatic heterocycles. The smallest absolute Gasteiger partial charge is 0.251 e. The Morgan fingerprint density at radius 3 is 2.91 bits per heavy atom. The van der Waals surface area contributed by atoms with E-state index in [2.05, 4.69) is 19.1 Å². The van der Waals surface area contributed by atoms with E-state index in [4.69, 9.17) is 0 Å². The van der Waals surface area contributed by atoms with Crippen molar-refractivity contribution in [2.24, 2.45) is 0 Å². The molecule has 0 saturated carbocycles. The Morgan fingerprint density at radius 2 is 2.14 bits per heavy atom. The molecule has 2 atom stereocenters. The highest BCUT2D eigenvalue weighted by atomic mass is 32.2. The van der Waals surface area contributed by atoms with Gasteiger partial charge in [0.25, 0.3) is 5.56 Å². The van der Waals surface area contributed by atoms with Gasteiger partial charge in [-0.15, -0.1) is 0 Å². The predicted octanol–water partition coefficient (Wildman–Crippen LogP) is 1.79. The van der Waals surface area contributed by atoms with E-state index in [1.807, 2.05) is 30.5 Å². The number of hydrogen-bond donors (Lipinski definition) is 2. The number of aromatic nitrogens is 3. The lowest BCUT2D eigenvalue weighted by Gasteiger charge is -2.14. The maximum Gasteiger partial charge on any atom is 0.251 e. The van der Waals surface area contributed by atoms with E-state index in [1.54, 1.807) is 0 Å². The van der Waals surface area contributed by atoms with Gasteiger partial charge in [-0.05, 0) is 31.2 Å². The van der Waals surface area contributed by atoms with Crippen LogP contribution in [0.5, 0.6) is 0 Å². The number of nitrogens with one attached hydrogen (secondary N) is 2. The third kappa shape index (κ3) is 2.98. The van der Waals surface area contributed by atoms with Gasteiger partial charge in [-0.25, -0.2) is 9.19 Å². The van der Waals surface area contributed by atoms with E-state index >= 15 is 0 Å². The van der Waals surface area contributed by atoms with E-state index in [0.717, 1.165) is 16.5 Å². The third-order valence-electron chi connectivity index (χ3n) is 3.23. The van der Waals surface area contributed by atoms with Crippen LogP contribution in [0.15, 0.2) is 41.3 Å². The van der Waals surface area contributed by atoms with Crippen LogP contribution >= 0.6 is 0 Å². The lowest BCUT2D eigenvalue weighted by atomic mass is 10.1. The van der Waals surface area contributed by atoms with Crippen molar-refractivity contribution in [3.63, 3.8) is 0 Å². The number of fused-ring (bicyclic) bond motifs is 1. The molecule has 2 heterocycles. The van der Waals surface area contributed by atoms with Gasteiger partial charge in [0.15, 0.2) is 0 Å². The minimum Gasteiger partial charge on any atom is -0.750 e. The average molecular weight is 318 g/mol. The molecule has 3 rings (SSSR count).